The van der Waals surface area contributed by atoms with Crippen molar-refractivity contribution < 1.29 is 9.32 Å². The van der Waals surface area contributed by atoms with Crippen molar-refractivity contribution in [1.82, 2.24) is 25.7 Å². The van der Waals surface area contributed by atoms with Gasteiger partial charge in [0.15, 0.2) is 11.8 Å². The van der Waals surface area contributed by atoms with Gasteiger partial charge in [-0.1, -0.05) is 17.3 Å². The van der Waals surface area contributed by atoms with E-state index in [9.17, 15) is 4.79 Å². The minimum absolute atomic E-state index is 0.0150. The number of aromatic nitrogens is 2. The number of aliphatic imine (C=N–C) groups is 1. The zero-order valence-electron chi connectivity index (χ0n) is 17.2. The standard InChI is InChI=1S/C20H30N6O2/c1-5-21-20(22-12-7-10-18-24-15(2)25-28-18)23-13-11-16-8-6-9-17(14-16)19(27)26(3)4/h6,8-9,14H,5,7,10-13H2,1-4H3,(H2,21,22,23). The van der Waals surface area contributed by atoms with Gasteiger partial charge in [-0.2, -0.15) is 4.98 Å². The second kappa shape index (κ2) is 11.1. The van der Waals surface area contributed by atoms with Crippen LogP contribution in [0.25, 0.3) is 0 Å². The summed E-state index contributed by atoms with van der Waals surface area (Å²) in [7, 11) is 3.52. The Labute approximate surface area is 166 Å². The van der Waals surface area contributed by atoms with Gasteiger partial charge in [-0.25, -0.2) is 0 Å². The van der Waals surface area contributed by atoms with Gasteiger partial charge in [0, 0.05) is 45.7 Å². The van der Waals surface area contributed by atoms with Crippen LogP contribution >= 0.6 is 0 Å². The molecule has 2 N–H and O–H groups in total. The fourth-order valence-corrected chi connectivity index (χ4v) is 2.65. The second-order valence-electron chi connectivity index (χ2n) is 6.68. The quantitative estimate of drug-likeness (QED) is 0.388. The highest BCUT2D eigenvalue weighted by Crippen LogP contribution is 2.07. The summed E-state index contributed by atoms with van der Waals surface area (Å²) < 4.78 is 5.11. The maximum Gasteiger partial charge on any atom is 0.253 e. The first kappa shape index (κ1) is 21.4. The Hall–Kier alpha value is -2.90. The average molecular weight is 387 g/mol. The summed E-state index contributed by atoms with van der Waals surface area (Å²) in [4.78, 5) is 22.4. The number of benzene rings is 1. The van der Waals surface area contributed by atoms with E-state index < -0.39 is 0 Å². The minimum atomic E-state index is 0.0150. The molecule has 28 heavy (non-hydrogen) atoms. The summed E-state index contributed by atoms with van der Waals surface area (Å²) in [5.41, 5.74) is 1.82. The van der Waals surface area contributed by atoms with Gasteiger partial charge in [-0.15, -0.1) is 0 Å². The van der Waals surface area contributed by atoms with Gasteiger partial charge in [0.25, 0.3) is 5.91 Å². The predicted octanol–water partition coefficient (Wildman–Crippen LogP) is 1.81. The third kappa shape index (κ3) is 7.02. The van der Waals surface area contributed by atoms with Crippen LogP contribution in [0.1, 0.15) is 41.0 Å². The zero-order valence-corrected chi connectivity index (χ0v) is 17.2. The molecule has 8 nitrogen and oxygen atoms in total. The zero-order chi connectivity index (χ0) is 20.4. The molecular weight excluding hydrogens is 356 g/mol. The summed E-state index contributed by atoms with van der Waals surface area (Å²) in [5.74, 6) is 2.11. The Morgan fingerprint density at radius 3 is 2.75 bits per heavy atom. The van der Waals surface area contributed by atoms with Crippen LogP contribution in [0, 0.1) is 6.92 Å². The van der Waals surface area contributed by atoms with Crippen molar-refractivity contribution in [1.29, 1.82) is 0 Å². The topological polar surface area (TPSA) is 95.6 Å². The predicted molar refractivity (Wildman–Crippen MR) is 110 cm³/mol. The molecule has 8 heteroatoms. The number of hydrogen-bond acceptors (Lipinski definition) is 5. The van der Waals surface area contributed by atoms with Crippen LogP contribution in [-0.4, -0.2) is 60.6 Å². The van der Waals surface area contributed by atoms with Crippen LogP contribution in [-0.2, 0) is 12.8 Å². The van der Waals surface area contributed by atoms with E-state index in [2.05, 4.69) is 25.8 Å². The lowest BCUT2D eigenvalue weighted by Gasteiger charge is -2.13. The van der Waals surface area contributed by atoms with E-state index in [4.69, 9.17) is 4.52 Å². The van der Waals surface area contributed by atoms with E-state index in [0.717, 1.165) is 43.9 Å². The molecule has 0 unspecified atom stereocenters. The molecule has 1 heterocycles. The lowest BCUT2D eigenvalue weighted by molar-refractivity contribution is 0.0827. The Morgan fingerprint density at radius 1 is 1.25 bits per heavy atom. The first-order valence-electron chi connectivity index (χ1n) is 9.61. The first-order valence-corrected chi connectivity index (χ1v) is 9.61. The lowest BCUT2D eigenvalue weighted by atomic mass is 10.1. The Morgan fingerprint density at radius 2 is 2.07 bits per heavy atom. The molecule has 0 saturated carbocycles. The number of carbonyl (C=O) groups is 1. The maximum absolute atomic E-state index is 12.1. The summed E-state index contributed by atoms with van der Waals surface area (Å²) in [6.45, 7) is 6.04. The monoisotopic (exact) mass is 386 g/mol. The molecular formula is C20H30N6O2. The SMILES string of the molecule is CCNC(=NCCCc1nc(C)no1)NCCc1cccc(C(=O)N(C)C)c1. The highest BCUT2D eigenvalue weighted by molar-refractivity contribution is 5.94. The van der Waals surface area contributed by atoms with E-state index in [0.29, 0.717) is 23.8 Å². The summed E-state index contributed by atoms with van der Waals surface area (Å²) in [5, 5.41) is 10.4. The van der Waals surface area contributed by atoms with Gasteiger partial charge in [-0.3, -0.25) is 9.79 Å². The van der Waals surface area contributed by atoms with Crippen LogP contribution in [0.5, 0.6) is 0 Å². The normalized spacial score (nSPS) is 11.4. The third-order valence-corrected chi connectivity index (χ3v) is 4.02. The van der Waals surface area contributed by atoms with Gasteiger partial charge < -0.3 is 20.1 Å². The van der Waals surface area contributed by atoms with Crippen LogP contribution < -0.4 is 10.6 Å². The Bertz CT molecular complexity index is 785. The van der Waals surface area contributed by atoms with Crippen molar-refractivity contribution in [2.24, 2.45) is 4.99 Å². The number of nitrogens with one attached hydrogen (secondary N) is 2. The van der Waals surface area contributed by atoms with Gasteiger partial charge in [0.05, 0.1) is 0 Å². The molecule has 1 aromatic heterocycles. The van der Waals surface area contributed by atoms with E-state index in [1.807, 2.05) is 38.1 Å². The molecule has 2 rings (SSSR count). The van der Waals surface area contributed by atoms with Gasteiger partial charge in [0.2, 0.25) is 5.89 Å². The number of rotatable bonds is 9. The van der Waals surface area contributed by atoms with Crippen molar-refractivity contribution in [2.75, 3.05) is 33.7 Å². The van der Waals surface area contributed by atoms with Crippen molar-refractivity contribution in [3.05, 3.63) is 47.1 Å². The van der Waals surface area contributed by atoms with Crippen LogP contribution in [0.15, 0.2) is 33.8 Å². The third-order valence-electron chi connectivity index (χ3n) is 4.02. The largest absolute Gasteiger partial charge is 0.357 e. The molecule has 2 aromatic rings. The van der Waals surface area contributed by atoms with Crippen molar-refractivity contribution in [3.8, 4) is 0 Å². The van der Waals surface area contributed by atoms with Crippen molar-refractivity contribution in [2.45, 2.75) is 33.1 Å². The summed E-state index contributed by atoms with van der Waals surface area (Å²) in [6.07, 6.45) is 2.36. The highest BCUT2D eigenvalue weighted by Gasteiger charge is 2.08. The fourth-order valence-electron chi connectivity index (χ4n) is 2.65. The van der Waals surface area contributed by atoms with Crippen molar-refractivity contribution >= 4 is 11.9 Å². The summed E-state index contributed by atoms with van der Waals surface area (Å²) >= 11 is 0. The number of hydrogen-bond donors (Lipinski definition) is 2. The molecule has 1 aromatic carbocycles. The molecule has 0 aliphatic carbocycles. The molecule has 152 valence electrons. The van der Waals surface area contributed by atoms with E-state index in [-0.39, 0.29) is 5.91 Å². The van der Waals surface area contributed by atoms with Crippen LogP contribution in [0.3, 0.4) is 0 Å². The lowest BCUT2D eigenvalue weighted by Crippen LogP contribution is -2.38. The van der Waals surface area contributed by atoms with E-state index in [1.165, 1.54) is 0 Å². The second-order valence-corrected chi connectivity index (χ2v) is 6.68. The molecule has 0 spiro atoms. The molecule has 0 fully saturated rings. The van der Waals surface area contributed by atoms with Gasteiger partial charge in [-0.05, 0) is 44.4 Å². The Kier molecular flexibility index (Phi) is 8.45. The molecule has 0 bridgehead atoms. The number of amides is 1. The van der Waals surface area contributed by atoms with Gasteiger partial charge >= 0.3 is 0 Å². The molecule has 0 aliphatic rings. The van der Waals surface area contributed by atoms with E-state index >= 15 is 0 Å². The molecule has 0 aliphatic heterocycles. The number of nitrogens with zero attached hydrogens (tertiary/aromatic N) is 4. The van der Waals surface area contributed by atoms with E-state index in [1.54, 1.807) is 19.0 Å². The van der Waals surface area contributed by atoms with Gasteiger partial charge in [0.1, 0.15) is 0 Å². The number of guanidine groups is 1. The minimum Gasteiger partial charge on any atom is -0.357 e. The fraction of sp³-hybridized carbons (Fsp3) is 0.500. The molecule has 1 amide bonds. The summed E-state index contributed by atoms with van der Waals surface area (Å²) in [6, 6.07) is 7.74. The highest BCUT2D eigenvalue weighted by atomic mass is 16.5. The number of carbonyl (C=O) groups excluding carboxylic acids is 1. The van der Waals surface area contributed by atoms with Crippen molar-refractivity contribution in [3.63, 3.8) is 0 Å². The smallest absolute Gasteiger partial charge is 0.253 e. The molecule has 0 atom stereocenters. The molecule has 0 radical (unpaired) electrons. The average Bonchev–Trinajstić information content (AvgIpc) is 3.09. The first-order chi connectivity index (χ1) is 13.5. The maximum atomic E-state index is 12.1. The molecule has 0 saturated heterocycles. The number of aryl methyl sites for hydroxylation is 2. The Balaban J connectivity index is 1.80. The van der Waals surface area contributed by atoms with Crippen LogP contribution in [0.4, 0.5) is 0 Å². The van der Waals surface area contributed by atoms with Crippen LogP contribution in [0.2, 0.25) is 0 Å².